The number of esters is 1. The number of aliphatic hydroxyl groups is 1. The van der Waals surface area contributed by atoms with Gasteiger partial charge >= 0.3 is 12.1 Å². The minimum atomic E-state index is -4.87. The van der Waals surface area contributed by atoms with Crippen LogP contribution in [-0.2, 0) is 15.7 Å². The van der Waals surface area contributed by atoms with E-state index < -0.39 is 35.5 Å². The van der Waals surface area contributed by atoms with Crippen LogP contribution in [0.4, 0.5) is 17.6 Å². The summed E-state index contributed by atoms with van der Waals surface area (Å²) < 4.78 is 55.0. The molecule has 7 heteroatoms. The molecule has 1 aromatic rings. The SMILES string of the molecule is COC(=O)C(C)C(O)c1ccc(F)c(C(F)(F)F)c1. The van der Waals surface area contributed by atoms with Gasteiger partial charge in [-0.05, 0) is 24.6 Å². The normalized spacial score (nSPS) is 14.9. The zero-order valence-electron chi connectivity index (χ0n) is 10.2. The molecule has 2 unspecified atom stereocenters. The summed E-state index contributed by atoms with van der Waals surface area (Å²) in [7, 11) is 1.09. The highest BCUT2D eigenvalue weighted by Crippen LogP contribution is 2.34. The third kappa shape index (κ3) is 3.44. The molecule has 0 heterocycles. The van der Waals surface area contributed by atoms with Gasteiger partial charge in [0, 0.05) is 0 Å². The Hall–Kier alpha value is -1.63. The van der Waals surface area contributed by atoms with Gasteiger partial charge in [-0.2, -0.15) is 13.2 Å². The van der Waals surface area contributed by atoms with Gasteiger partial charge in [-0.15, -0.1) is 0 Å². The van der Waals surface area contributed by atoms with E-state index in [2.05, 4.69) is 4.74 Å². The summed E-state index contributed by atoms with van der Waals surface area (Å²) in [6.45, 7) is 1.30. The number of hydrogen-bond acceptors (Lipinski definition) is 3. The first-order chi connectivity index (χ1) is 8.68. The van der Waals surface area contributed by atoms with Crippen LogP contribution >= 0.6 is 0 Å². The van der Waals surface area contributed by atoms with Gasteiger partial charge in [-0.3, -0.25) is 4.79 Å². The van der Waals surface area contributed by atoms with Crippen molar-refractivity contribution in [1.29, 1.82) is 0 Å². The predicted octanol–water partition coefficient (Wildman–Crippen LogP) is 2.69. The van der Waals surface area contributed by atoms with Gasteiger partial charge in [-0.1, -0.05) is 6.07 Å². The lowest BCUT2D eigenvalue weighted by Gasteiger charge is -2.18. The molecule has 0 saturated carbocycles. The number of aliphatic hydroxyl groups excluding tert-OH is 1. The molecule has 0 radical (unpaired) electrons. The minimum Gasteiger partial charge on any atom is -0.469 e. The number of carbonyl (C=O) groups excluding carboxylic acids is 1. The maximum Gasteiger partial charge on any atom is 0.419 e. The van der Waals surface area contributed by atoms with Crippen molar-refractivity contribution >= 4 is 5.97 Å². The van der Waals surface area contributed by atoms with Crippen LogP contribution in [0.3, 0.4) is 0 Å². The van der Waals surface area contributed by atoms with Gasteiger partial charge in [0.1, 0.15) is 5.82 Å². The quantitative estimate of drug-likeness (QED) is 0.684. The molecule has 3 nitrogen and oxygen atoms in total. The molecule has 1 rings (SSSR count). The molecule has 0 aliphatic carbocycles. The standard InChI is InChI=1S/C12H12F4O3/c1-6(11(18)19-2)10(17)7-3-4-9(13)8(5-7)12(14,15)16/h3-6,10,17H,1-2H3. The maximum atomic E-state index is 13.1. The molecule has 0 saturated heterocycles. The van der Waals surface area contributed by atoms with E-state index in [1.165, 1.54) is 6.92 Å². The number of ether oxygens (including phenoxy) is 1. The van der Waals surface area contributed by atoms with Crippen LogP contribution in [-0.4, -0.2) is 18.2 Å². The highest BCUT2D eigenvalue weighted by atomic mass is 19.4. The van der Waals surface area contributed by atoms with Gasteiger partial charge in [0.25, 0.3) is 0 Å². The molecule has 0 bridgehead atoms. The number of carbonyl (C=O) groups is 1. The van der Waals surface area contributed by atoms with E-state index >= 15 is 0 Å². The fourth-order valence-corrected chi connectivity index (χ4v) is 1.55. The van der Waals surface area contributed by atoms with Crippen LogP contribution in [0.25, 0.3) is 0 Å². The van der Waals surface area contributed by atoms with Crippen molar-refractivity contribution in [3.05, 3.63) is 35.1 Å². The molecule has 0 amide bonds. The summed E-state index contributed by atoms with van der Waals surface area (Å²) in [6, 6.07) is 2.08. The summed E-state index contributed by atoms with van der Waals surface area (Å²) in [6.07, 6.45) is -6.37. The lowest BCUT2D eigenvalue weighted by molar-refractivity contribution is -0.148. The van der Waals surface area contributed by atoms with Gasteiger partial charge in [-0.25, -0.2) is 4.39 Å². The Morgan fingerprint density at radius 1 is 1.37 bits per heavy atom. The molecule has 0 aromatic heterocycles. The first-order valence-corrected chi connectivity index (χ1v) is 5.31. The molecule has 2 atom stereocenters. The molecule has 19 heavy (non-hydrogen) atoms. The monoisotopic (exact) mass is 280 g/mol. The van der Waals surface area contributed by atoms with E-state index in [1.54, 1.807) is 0 Å². The molecular weight excluding hydrogens is 268 g/mol. The molecular formula is C12H12F4O3. The van der Waals surface area contributed by atoms with Crippen LogP contribution < -0.4 is 0 Å². The second-order valence-corrected chi connectivity index (χ2v) is 3.99. The van der Waals surface area contributed by atoms with Gasteiger partial charge in [0.15, 0.2) is 0 Å². The van der Waals surface area contributed by atoms with Crippen molar-refractivity contribution < 1.29 is 32.2 Å². The molecule has 1 N–H and O–H groups in total. The van der Waals surface area contributed by atoms with Gasteiger partial charge in [0.05, 0.1) is 24.7 Å². The van der Waals surface area contributed by atoms with Gasteiger partial charge in [0.2, 0.25) is 0 Å². The Bertz CT molecular complexity index is 471. The molecule has 0 fully saturated rings. The second kappa shape index (κ2) is 5.56. The number of methoxy groups -OCH3 is 1. The van der Waals surface area contributed by atoms with Crippen molar-refractivity contribution in [2.24, 2.45) is 5.92 Å². The number of hydrogen-bond donors (Lipinski definition) is 1. The fraction of sp³-hybridized carbons (Fsp3) is 0.417. The number of benzene rings is 1. The smallest absolute Gasteiger partial charge is 0.419 e. The molecule has 1 aromatic carbocycles. The fourth-order valence-electron chi connectivity index (χ4n) is 1.55. The maximum absolute atomic E-state index is 13.1. The molecule has 106 valence electrons. The zero-order valence-corrected chi connectivity index (χ0v) is 10.2. The van der Waals surface area contributed by atoms with E-state index in [1.807, 2.05) is 0 Å². The Morgan fingerprint density at radius 2 is 1.95 bits per heavy atom. The lowest BCUT2D eigenvalue weighted by Crippen LogP contribution is -2.21. The topological polar surface area (TPSA) is 46.5 Å². The second-order valence-electron chi connectivity index (χ2n) is 3.99. The summed E-state index contributed by atoms with van der Waals surface area (Å²) >= 11 is 0. The minimum absolute atomic E-state index is 0.202. The first kappa shape index (κ1) is 15.4. The zero-order chi connectivity index (χ0) is 14.8. The van der Waals surface area contributed by atoms with Crippen molar-refractivity contribution in [3.63, 3.8) is 0 Å². The number of rotatable bonds is 3. The summed E-state index contributed by atoms with van der Waals surface area (Å²) in [5, 5.41) is 9.78. The Kier molecular flexibility index (Phi) is 4.52. The largest absolute Gasteiger partial charge is 0.469 e. The summed E-state index contributed by atoms with van der Waals surface area (Å²) in [4.78, 5) is 11.2. The lowest BCUT2D eigenvalue weighted by atomic mass is 9.96. The number of alkyl halides is 3. The van der Waals surface area contributed by atoms with Crippen molar-refractivity contribution in [3.8, 4) is 0 Å². The number of halogens is 4. The van der Waals surface area contributed by atoms with Crippen LogP contribution in [0.2, 0.25) is 0 Å². The highest BCUT2D eigenvalue weighted by Gasteiger charge is 2.35. The first-order valence-electron chi connectivity index (χ1n) is 5.31. The average Bonchev–Trinajstić information content (AvgIpc) is 2.35. The van der Waals surface area contributed by atoms with Crippen LogP contribution in [0, 0.1) is 11.7 Å². The van der Waals surface area contributed by atoms with E-state index in [-0.39, 0.29) is 5.56 Å². The summed E-state index contributed by atoms with van der Waals surface area (Å²) in [5.41, 5.74) is -1.69. The average molecular weight is 280 g/mol. The Morgan fingerprint density at radius 3 is 2.42 bits per heavy atom. The van der Waals surface area contributed by atoms with E-state index in [9.17, 15) is 27.5 Å². The van der Waals surface area contributed by atoms with Crippen LogP contribution in [0.1, 0.15) is 24.2 Å². The highest BCUT2D eigenvalue weighted by molar-refractivity contribution is 5.72. The summed E-state index contributed by atoms with van der Waals surface area (Å²) in [5.74, 6) is -3.27. The van der Waals surface area contributed by atoms with E-state index in [0.29, 0.717) is 12.1 Å². The Labute approximate surface area is 106 Å². The third-order valence-electron chi connectivity index (χ3n) is 2.68. The van der Waals surface area contributed by atoms with Crippen molar-refractivity contribution in [1.82, 2.24) is 0 Å². The van der Waals surface area contributed by atoms with Crippen LogP contribution in [0.5, 0.6) is 0 Å². The molecule has 0 aliphatic heterocycles. The molecule has 0 spiro atoms. The van der Waals surface area contributed by atoms with Crippen molar-refractivity contribution in [2.45, 2.75) is 19.2 Å². The Balaban J connectivity index is 3.12. The predicted molar refractivity (Wildman–Crippen MR) is 57.5 cm³/mol. The molecule has 0 aliphatic rings. The van der Waals surface area contributed by atoms with Crippen molar-refractivity contribution in [2.75, 3.05) is 7.11 Å². The van der Waals surface area contributed by atoms with E-state index in [0.717, 1.165) is 13.2 Å². The third-order valence-corrected chi connectivity index (χ3v) is 2.68. The van der Waals surface area contributed by atoms with E-state index in [4.69, 9.17) is 0 Å². The van der Waals surface area contributed by atoms with Gasteiger partial charge < -0.3 is 9.84 Å². The van der Waals surface area contributed by atoms with Crippen LogP contribution in [0.15, 0.2) is 18.2 Å².